The average molecular weight is 340 g/mol. The summed E-state index contributed by atoms with van der Waals surface area (Å²) in [6.45, 7) is 2.20. The van der Waals surface area contributed by atoms with Crippen LogP contribution < -0.4 is 10.6 Å². The van der Waals surface area contributed by atoms with Gasteiger partial charge in [-0.2, -0.15) is 11.8 Å². The number of H-pyrrole nitrogens is 1. The van der Waals surface area contributed by atoms with Gasteiger partial charge in [-0.05, 0) is 30.4 Å². The van der Waals surface area contributed by atoms with Crippen LogP contribution in [-0.2, 0) is 12.3 Å². The van der Waals surface area contributed by atoms with Gasteiger partial charge in [-0.25, -0.2) is 4.98 Å². The van der Waals surface area contributed by atoms with E-state index in [2.05, 4.69) is 20.6 Å². The third-order valence-corrected chi connectivity index (χ3v) is 3.97. The first-order valence-electron chi connectivity index (χ1n) is 7.04. The molecule has 0 atom stereocenters. The lowest BCUT2D eigenvalue weighted by Crippen LogP contribution is -2.16. The van der Waals surface area contributed by atoms with Crippen LogP contribution in [0.3, 0.4) is 0 Å². The zero-order valence-corrected chi connectivity index (χ0v) is 13.8. The highest BCUT2D eigenvalue weighted by Crippen LogP contribution is 2.15. The number of hydrogen-bond acceptors (Lipinski definition) is 7. The highest BCUT2D eigenvalue weighted by atomic mass is 32.2. The van der Waals surface area contributed by atoms with Crippen LogP contribution in [0.5, 0.6) is 0 Å². The normalized spacial score (nSPS) is 10.8. The summed E-state index contributed by atoms with van der Waals surface area (Å²) in [7, 11) is 0. The maximum Gasteiger partial charge on any atom is 0.198 e. The van der Waals surface area contributed by atoms with E-state index in [4.69, 9.17) is 21.7 Å². The van der Waals surface area contributed by atoms with Gasteiger partial charge in [-0.15, -0.1) is 0 Å². The molecule has 6 nitrogen and oxygen atoms in total. The van der Waals surface area contributed by atoms with Crippen LogP contribution in [0, 0.1) is 4.77 Å². The number of aromatic amines is 1. The van der Waals surface area contributed by atoms with Gasteiger partial charge in [0, 0.05) is 25.0 Å². The maximum absolute atomic E-state index is 8.70. The number of rotatable bonds is 10. The molecule has 0 saturated heterocycles. The summed E-state index contributed by atoms with van der Waals surface area (Å²) in [5.41, 5.74) is 0. The molecule has 0 aliphatic carbocycles. The number of nitrogens with one attached hydrogen (secondary N) is 3. The number of hydrogen-bond donors (Lipinski definition) is 4. The van der Waals surface area contributed by atoms with Gasteiger partial charge in [0.2, 0.25) is 0 Å². The van der Waals surface area contributed by atoms with E-state index in [1.54, 1.807) is 18.0 Å². The number of furan rings is 1. The van der Waals surface area contributed by atoms with Gasteiger partial charge < -0.3 is 25.1 Å². The van der Waals surface area contributed by atoms with Crippen molar-refractivity contribution in [2.24, 2.45) is 0 Å². The molecule has 0 fully saturated rings. The van der Waals surface area contributed by atoms with E-state index in [9.17, 15) is 0 Å². The Kier molecular flexibility index (Phi) is 7.44. The maximum atomic E-state index is 8.70. The largest absolute Gasteiger partial charge is 0.464 e. The van der Waals surface area contributed by atoms with Crippen molar-refractivity contribution >= 4 is 29.8 Å². The first kappa shape index (κ1) is 17.0. The molecule has 2 aromatic heterocycles. The number of thioether (sulfide) groups is 1. The van der Waals surface area contributed by atoms with Crippen LogP contribution in [0.4, 0.5) is 5.82 Å². The molecule has 8 heteroatoms. The van der Waals surface area contributed by atoms with Crippen LogP contribution in [-0.4, -0.2) is 40.5 Å². The molecule has 0 unspecified atom stereocenters. The monoisotopic (exact) mass is 340 g/mol. The Hall–Kier alpha value is -1.35. The van der Waals surface area contributed by atoms with Gasteiger partial charge in [0.25, 0.3) is 0 Å². The minimum atomic E-state index is 0.137. The lowest BCUT2D eigenvalue weighted by molar-refractivity contribution is 0.289. The predicted molar refractivity (Wildman–Crippen MR) is 91.6 cm³/mol. The third-order valence-electron chi connectivity index (χ3n) is 2.79. The fraction of sp³-hybridized carbons (Fsp3) is 0.429. The minimum absolute atomic E-state index is 0.137. The Morgan fingerprint density at radius 1 is 1.27 bits per heavy atom. The van der Waals surface area contributed by atoms with Crippen LogP contribution >= 0.6 is 24.0 Å². The summed E-state index contributed by atoms with van der Waals surface area (Å²) in [4.78, 5) is 6.92. The molecular formula is C14H20N4O2S2. The SMILES string of the molecule is OCCNCc1ccc(CSCCNc2ccnc(=S)[nH]2)o1. The molecule has 2 aromatic rings. The molecule has 0 spiro atoms. The van der Waals surface area contributed by atoms with Crippen molar-refractivity contribution in [3.63, 3.8) is 0 Å². The molecule has 0 aliphatic rings. The second kappa shape index (κ2) is 9.62. The van der Waals surface area contributed by atoms with Crippen LogP contribution in [0.25, 0.3) is 0 Å². The summed E-state index contributed by atoms with van der Waals surface area (Å²) in [5, 5.41) is 15.0. The molecule has 0 bridgehead atoms. The zero-order chi connectivity index (χ0) is 15.6. The highest BCUT2D eigenvalue weighted by molar-refractivity contribution is 7.98. The fourth-order valence-electron chi connectivity index (χ4n) is 1.79. The molecule has 0 amide bonds. The summed E-state index contributed by atoms with van der Waals surface area (Å²) < 4.78 is 6.18. The molecule has 4 N–H and O–H groups in total. The van der Waals surface area contributed by atoms with E-state index in [1.165, 1.54) is 0 Å². The number of aliphatic hydroxyl groups excluding tert-OH is 1. The van der Waals surface area contributed by atoms with E-state index in [1.807, 2.05) is 18.2 Å². The van der Waals surface area contributed by atoms with E-state index in [0.29, 0.717) is 17.9 Å². The lowest BCUT2D eigenvalue weighted by Gasteiger charge is -2.05. The van der Waals surface area contributed by atoms with Gasteiger partial charge in [0.15, 0.2) is 4.77 Å². The molecule has 2 rings (SSSR count). The molecule has 0 aromatic carbocycles. The van der Waals surface area contributed by atoms with Crippen LogP contribution in [0.15, 0.2) is 28.8 Å². The lowest BCUT2D eigenvalue weighted by atomic mass is 10.4. The molecule has 0 radical (unpaired) electrons. The van der Waals surface area contributed by atoms with E-state index in [-0.39, 0.29) is 6.61 Å². The standard InChI is InChI=1S/C14H20N4O2S2/c19-7-5-15-9-11-1-2-12(20-11)10-22-8-6-16-13-3-4-17-14(21)18-13/h1-4,15,19H,5-10H2,(H2,16,17,18,21). The van der Waals surface area contributed by atoms with E-state index < -0.39 is 0 Å². The first-order chi connectivity index (χ1) is 10.8. The Bertz CT molecular complexity index is 615. The van der Waals surface area contributed by atoms with Gasteiger partial charge in [0.05, 0.1) is 18.9 Å². The molecular weight excluding hydrogens is 320 g/mol. The topological polar surface area (TPSA) is 86.1 Å². The van der Waals surface area contributed by atoms with Crippen molar-refractivity contribution in [1.82, 2.24) is 15.3 Å². The van der Waals surface area contributed by atoms with Crippen molar-refractivity contribution in [2.45, 2.75) is 12.3 Å². The molecule has 2 heterocycles. The van der Waals surface area contributed by atoms with Crippen molar-refractivity contribution in [3.8, 4) is 0 Å². The fourth-order valence-corrected chi connectivity index (χ4v) is 2.71. The van der Waals surface area contributed by atoms with Gasteiger partial charge in [-0.3, -0.25) is 0 Å². The number of anilines is 1. The van der Waals surface area contributed by atoms with Crippen molar-refractivity contribution in [1.29, 1.82) is 0 Å². The molecule has 22 heavy (non-hydrogen) atoms. The van der Waals surface area contributed by atoms with Crippen molar-refractivity contribution < 1.29 is 9.52 Å². The predicted octanol–water partition coefficient (Wildman–Crippen LogP) is 2.16. The summed E-state index contributed by atoms with van der Waals surface area (Å²) in [6.07, 6.45) is 1.68. The Morgan fingerprint density at radius 2 is 2.14 bits per heavy atom. The Morgan fingerprint density at radius 3 is 2.95 bits per heavy atom. The molecule has 0 aliphatic heterocycles. The second-order valence-corrected chi connectivity index (χ2v) is 6.03. The smallest absolute Gasteiger partial charge is 0.198 e. The van der Waals surface area contributed by atoms with Crippen LogP contribution in [0.2, 0.25) is 0 Å². The minimum Gasteiger partial charge on any atom is -0.464 e. The second-order valence-electron chi connectivity index (χ2n) is 4.54. The number of aliphatic hydroxyl groups is 1. The van der Waals surface area contributed by atoms with Gasteiger partial charge >= 0.3 is 0 Å². The van der Waals surface area contributed by atoms with Crippen molar-refractivity contribution in [3.05, 3.63) is 40.7 Å². The summed E-state index contributed by atoms with van der Waals surface area (Å²) >= 11 is 6.76. The van der Waals surface area contributed by atoms with E-state index in [0.717, 1.165) is 35.4 Å². The summed E-state index contributed by atoms with van der Waals surface area (Å²) in [6, 6.07) is 5.82. The van der Waals surface area contributed by atoms with Crippen LogP contribution in [0.1, 0.15) is 11.5 Å². The van der Waals surface area contributed by atoms with Gasteiger partial charge in [0.1, 0.15) is 17.3 Å². The Labute approximate surface area is 138 Å². The zero-order valence-electron chi connectivity index (χ0n) is 12.2. The number of nitrogens with zero attached hydrogens (tertiary/aromatic N) is 1. The third kappa shape index (κ3) is 6.18. The highest BCUT2D eigenvalue weighted by Gasteiger charge is 2.02. The van der Waals surface area contributed by atoms with Crippen molar-refractivity contribution in [2.75, 3.05) is 30.8 Å². The number of aromatic nitrogens is 2. The first-order valence-corrected chi connectivity index (χ1v) is 8.60. The quantitative estimate of drug-likeness (QED) is 0.389. The van der Waals surface area contributed by atoms with E-state index >= 15 is 0 Å². The summed E-state index contributed by atoms with van der Waals surface area (Å²) in [5.74, 6) is 4.55. The molecule has 120 valence electrons. The average Bonchev–Trinajstić information content (AvgIpc) is 2.95. The Balaban J connectivity index is 1.61. The van der Waals surface area contributed by atoms with Gasteiger partial charge in [-0.1, -0.05) is 0 Å². The molecule has 0 saturated carbocycles.